The standard InChI is InChI=1S/C22H19N3O/c1-2-26-21-10-6-9-20(15-21)25-16-22(23-24-25)19-13-11-18(12-14-19)17-7-4-3-5-8-17/h3-16H,2H2,1H3. The minimum atomic E-state index is 0.639. The summed E-state index contributed by atoms with van der Waals surface area (Å²) in [6, 6.07) is 26.5. The number of hydrogen-bond acceptors (Lipinski definition) is 3. The fourth-order valence-electron chi connectivity index (χ4n) is 2.87. The molecule has 0 spiro atoms. The van der Waals surface area contributed by atoms with Gasteiger partial charge in [-0.25, -0.2) is 4.68 Å². The predicted molar refractivity (Wildman–Crippen MR) is 103 cm³/mol. The Morgan fingerprint density at radius 2 is 1.54 bits per heavy atom. The second-order valence-electron chi connectivity index (χ2n) is 5.92. The van der Waals surface area contributed by atoms with Gasteiger partial charge in [0, 0.05) is 11.6 Å². The molecule has 0 aliphatic carbocycles. The molecule has 3 aromatic carbocycles. The van der Waals surface area contributed by atoms with Crippen LogP contribution in [0.15, 0.2) is 85.1 Å². The lowest BCUT2D eigenvalue weighted by Crippen LogP contribution is -1.97. The Bertz CT molecular complexity index is 991. The second kappa shape index (κ2) is 7.23. The van der Waals surface area contributed by atoms with Crippen LogP contribution in [0.25, 0.3) is 28.1 Å². The van der Waals surface area contributed by atoms with Crippen LogP contribution in [0.5, 0.6) is 5.75 Å². The molecule has 4 nitrogen and oxygen atoms in total. The van der Waals surface area contributed by atoms with Gasteiger partial charge in [-0.3, -0.25) is 0 Å². The molecule has 0 aliphatic rings. The van der Waals surface area contributed by atoms with Crippen molar-refractivity contribution in [2.75, 3.05) is 6.61 Å². The summed E-state index contributed by atoms with van der Waals surface area (Å²) >= 11 is 0. The molecule has 4 aromatic rings. The van der Waals surface area contributed by atoms with E-state index in [1.165, 1.54) is 11.1 Å². The van der Waals surface area contributed by atoms with Gasteiger partial charge >= 0.3 is 0 Å². The van der Waals surface area contributed by atoms with Crippen LogP contribution in [0, 0.1) is 0 Å². The number of benzene rings is 3. The van der Waals surface area contributed by atoms with Crippen molar-refractivity contribution in [3.63, 3.8) is 0 Å². The van der Waals surface area contributed by atoms with Crippen LogP contribution in [0.1, 0.15) is 6.92 Å². The van der Waals surface area contributed by atoms with Gasteiger partial charge in [-0.05, 0) is 30.2 Å². The highest BCUT2D eigenvalue weighted by Gasteiger charge is 2.07. The molecule has 128 valence electrons. The first-order valence-electron chi connectivity index (χ1n) is 8.65. The fourth-order valence-corrected chi connectivity index (χ4v) is 2.87. The van der Waals surface area contributed by atoms with Gasteiger partial charge in [0.1, 0.15) is 11.4 Å². The molecule has 0 bridgehead atoms. The van der Waals surface area contributed by atoms with E-state index in [0.717, 1.165) is 22.7 Å². The zero-order valence-electron chi connectivity index (χ0n) is 14.5. The molecule has 0 fully saturated rings. The molecule has 0 atom stereocenters. The summed E-state index contributed by atoms with van der Waals surface area (Å²) in [6.07, 6.45) is 1.93. The Labute approximate surface area is 152 Å². The Balaban J connectivity index is 1.59. The highest BCUT2D eigenvalue weighted by Crippen LogP contribution is 2.24. The Morgan fingerprint density at radius 3 is 2.31 bits per heavy atom. The molecule has 1 heterocycles. The van der Waals surface area contributed by atoms with E-state index in [4.69, 9.17) is 4.74 Å². The molecule has 26 heavy (non-hydrogen) atoms. The summed E-state index contributed by atoms with van der Waals surface area (Å²) < 4.78 is 7.32. The van der Waals surface area contributed by atoms with Crippen LogP contribution < -0.4 is 4.74 Å². The van der Waals surface area contributed by atoms with Crippen molar-refractivity contribution in [1.82, 2.24) is 15.0 Å². The topological polar surface area (TPSA) is 39.9 Å². The molecule has 0 amide bonds. The minimum absolute atomic E-state index is 0.639. The number of nitrogens with zero attached hydrogens (tertiary/aromatic N) is 3. The van der Waals surface area contributed by atoms with Gasteiger partial charge in [-0.1, -0.05) is 65.9 Å². The van der Waals surface area contributed by atoms with Crippen molar-refractivity contribution in [3.8, 4) is 33.8 Å². The van der Waals surface area contributed by atoms with Crippen LogP contribution in [0.2, 0.25) is 0 Å². The summed E-state index contributed by atoms with van der Waals surface area (Å²) in [6.45, 7) is 2.61. The van der Waals surface area contributed by atoms with E-state index < -0.39 is 0 Å². The first-order chi connectivity index (χ1) is 12.8. The molecular formula is C22H19N3O. The van der Waals surface area contributed by atoms with Crippen molar-refractivity contribution in [3.05, 3.63) is 85.1 Å². The van der Waals surface area contributed by atoms with Gasteiger partial charge in [-0.2, -0.15) is 0 Å². The summed E-state index contributed by atoms with van der Waals surface area (Å²) in [4.78, 5) is 0. The quantitative estimate of drug-likeness (QED) is 0.513. The van der Waals surface area contributed by atoms with Crippen molar-refractivity contribution in [2.45, 2.75) is 6.92 Å². The average molecular weight is 341 g/mol. The van der Waals surface area contributed by atoms with Crippen LogP contribution in [0.3, 0.4) is 0 Å². The van der Waals surface area contributed by atoms with Gasteiger partial charge in [0.2, 0.25) is 0 Å². The monoisotopic (exact) mass is 341 g/mol. The molecule has 0 saturated heterocycles. The normalized spacial score (nSPS) is 10.7. The third-order valence-electron chi connectivity index (χ3n) is 4.17. The summed E-state index contributed by atoms with van der Waals surface area (Å²) in [5.74, 6) is 0.828. The molecule has 0 saturated carbocycles. The third kappa shape index (κ3) is 3.35. The van der Waals surface area contributed by atoms with E-state index in [1.54, 1.807) is 4.68 Å². The lowest BCUT2D eigenvalue weighted by Gasteiger charge is -2.05. The average Bonchev–Trinajstić information content (AvgIpc) is 3.20. The molecule has 0 unspecified atom stereocenters. The molecule has 1 aromatic heterocycles. The minimum Gasteiger partial charge on any atom is -0.494 e. The molecule has 4 heteroatoms. The molecular weight excluding hydrogens is 322 g/mol. The molecule has 0 radical (unpaired) electrons. The predicted octanol–water partition coefficient (Wildman–Crippen LogP) is 5.00. The Morgan fingerprint density at radius 1 is 0.808 bits per heavy atom. The maximum Gasteiger partial charge on any atom is 0.121 e. The summed E-state index contributed by atoms with van der Waals surface area (Å²) in [5.41, 5.74) is 5.19. The van der Waals surface area contributed by atoms with Gasteiger partial charge in [0.15, 0.2) is 0 Å². The number of hydrogen-bond donors (Lipinski definition) is 0. The van der Waals surface area contributed by atoms with Crippen LogP contribution in [-0.2, 0) is 0 Å². The maximum absolute atomic E-state index is 5.55. The highest BCUT2D eigenvalue weighted by atomic mass is 16.5. The SMILES string of the molecule is CCOc1cccc(-n2cc(-c3ccc(-c4ccccc4)cc3)nn2)c1. The van der Waals surface area contributed by atoms with Gasteiger partial charge in [-0.15, -0.1) is 5.10 Å². The summed E-state index contributed by atoms with van der Waals surface area (Å²) in [5, 5.41) is 8.57. The maximum atomic E-state index is 5.55. The number of aromatic nitrogens is 3. The zero-order valence-corrected chi connectivity index (χ0v) is 14.5. The van der Waals surface area contributed by atoms with E-state index in [9.17, 15) is 0 Å². The lowest BCUT2D eigenvalue weighted by atomic mass is 10.0. The van der Waals surface area contributed by atoms with Crippen molar-refractivity contribution < 1.29 is 4.74 Å². The van der Waals surface area contributed by atoms with Gasteiger partial charge in [0.25, 0.3) is 0 Å². The Hall–Kier alpha value is -3.40. The first-order valence-corrected chi connectivity index (χ1v) is 8.65. The fraction of sp³-hybridized carbons (Fsp3) is 0.0909. The van der Waals surface area contributed by atoms with Crippen LogP contribution in [-0.4, -0.2) is 21.6 Å². The smallest absolute Gasteiger partial charge is 0.121 e. The number of rotatable bonds is 5. The third-order valence-corrected chi connectivity index (χ3v) is 4.17. The van der Waals surface area contributed by atoms with Crippen LogP contribution >= 0.6 is 0 Å². The van der Waals surface area contributed by atoms with Gasteiger partial charge in [0.05, 0.1) is 18.5 Å². The van der Waals surface area contributed by atoms with Crippen molar-refractivity contribution in [2.24, 2.45) is 0 Å². The largest absolute Gasteiger partial charge is 0.494 e. The van der Waals surface area contributed by atoms with Crippen molar-refractivity contribution >= 4 is 0 Å². The molecule has 0 aliphatic heterocycles. The Kier molecular flexibility index (Phi) is 4.48. The van der Waals surface area contributed by atoms with E-state index in [-0.39, 0.29) is 0 Å². The zero-order chi connectivity index (χ0) is 17.8. The van der Waals surface area contributed by atoms with E-state index in [0.29, 0.717) is 6.61 Å². The van der Waals surface area contributed by atoms with Gasteiger partial charge < -0.3 is 4.74 Å². The molecule has 0 N–H and O–H groups in total. The van der Waals surface area contributed by atoms with Crippen molar-refractivity contribution in [1.29, 1.82) is 0 Å². The highest BCUT2D eigenvalue weighted by molar-refractivity contribution is 5.68. The van der Waals surface area contributed by atoms with E-state index >= 15 is 0 Å². The second-order valence-corrected chi connectivity index (χ2v) is 5.92. The summed E-state index contributed by atoms with van der Waals surface area (Å²) in [7, 11) is 0. The van der Waals surface area contributed by atoms with E-state index in [2.05, 4.69) is 46.7 Å². The van der Waals surface area contributed by atoms with Crippen LogP contribution in [0.4, 0.5) is 0 Å². The number of ether oxygens (including phenoxy) is 1. The first kappa shape index (κ1) is 16.1. The lowest BCUT2D eigenvalue weighted by molar-refractivity contribution is 0.340. The van der Waals surface area contributed by atoms with E-state index in [1.807, 2.05) is 55.6 Å². The molecule has 4 rings (SSSR count).